The lowest BCUT2D eigenvalue weighted by Crippen LogP contribution is -2.13. The van der Waals surface area contributed by atoms with Gasteiger partial charge >= 0.3 is 0 Å². The number of pyridine rings is 1. The van der Waals surface area contributed by atoms with Crippen LogP contribution in [0.1, 0.15) is 11.1 Å². The van der Waals surface area contributed by atoms with Gasteiger partial charge in [-0.2, -0.15) is 0 Å². The minimum Gasteiger partial charge on any atom is -0.392 e. The first-order valence-corrected chi connectivity index (χ1v) is 5.67. The van der Waals surface area contributed by atoms with Crippen LogP contribution in [0, 0.1) is 12.7 Å². The van der Waals surface area contributed by atoms with Crippen LogP contribution in [-0.4, -0.2) is 17.1 Å². The fourth-order valence-electron chi connectivity index (χ4n) is 1.87. The van der Waals surface area contributed by atoms with Gasteiger partial charge in [0.05, 0.1) is 6.61 Å². The second-order valence-electron chi connectivity index (χ2n) is 4.18. The highest BCUT2D eigenvalue weighted by Gasteiger charge is 2.09. The molecule has 0 fully saturated rings. The predicted molar refractivity (Wildman–Crippen MR) is 69.4 cm³/mol. The summed E-state index contributed by atoms with van der Waals surface area (Å²) in [6, 6.07) is 8.23. The molecule has 1 aromatic heterocycles. The lowest BCUT2D eigenvalue weighted by Gasteiger charge is -2.20. The summed E-state index contributed by atoms with van der Waals surface area (Å²) in [6.45, 7) is 1.88. The highest BCUT2D eigenvalue weighted by Crippen LogP contribution is 2.25. The third-order valence-electron chi connectivity index (χ3n) is 2.80. The Kier molecular flexibility index (Phi) is 3.58. The minimum absolute atomic E-state index is 0.0300. The zero-order chi connectivity index (χ0) is 13.1. The van der Waals surface area contributed by atoms with Crippen LogP contribution < -0.4 is 4.90 Å². The first kappa shape index (κ1) is 12.5. The molecule has 0 aliphatic carbocycles. The molecule has 18 heavy (non-hydrogen) atoms. The Hall–Kier alpha value is -1.94. The monoisotopic (exact) mass is 246 g/mol. The summed E-state index contributed by atoms with van der Waals surface area (Å²) in [5.41, 5.74) is 2.44. The van der Waals surface area contributed by atoms with Crippen LogP contribution in [0.2, 0.25) is 0 Å². The van der Waals surface area contributed by atoms with E-state index in [0.29, 0.717) is 0 Å². The Labute approximate surface area is 106 Å². The van der Waals surface area contributed by atoms with Crippen molar-refractivity contribution in [3.63, 3.8) is 0 Å². The topological polar surface area (TPSA) is 36.4 Å². The fraction of sp³-hybridized carbons (Fsp3) is 0.214. The van der Waals surface area contributed by atoms with Crippen molar-refractivity contribution < 1.29 is 9.50 Å². The Morgan fingerprint density at radius 3 is 2.72 bits per heavy atom. The SMILES string of the molecule is Cc1cc(CO)cnc1N(C)c1cccc(F)c1. The van der Waals surface area contributed by atoms with E-state index in [-0.39, 0.29) is 12.4 Å². The van der Waals surface area contributed by atoms with Crippen molar-refractivity contribution in [1.29, 1.82) is 0 Å². The zero-order valence-electron chi connectivity index (χ0n) is 10.4. The molecule has 0 saturated carbocycles. The van der Waals surface area contributed by atoms with Crippen LogP contribution in [0.5, 0.6) is 0 Å². The minimum atomic E-state index is -0.274. The van der Waals surface area contributed by atoms with E-state index < -0.39 is 0 Å². The standard InChI is InChI=1S/C14H15FN2O/c1-10-6-11(9-18)8-16-14(10)17(2)13-5-3-4-12(15)7-13/h3-8,18H,9H2,1-2H3. The average Bonchev–Trinajstić information content (AvgIpc) is 2.37. The van der Waals surface area contributed by atoms with Crippen LogP contribution >= 0.6 is 0 Å². The van der Waals surface area contributed by atoms with Gasteiger partial charge in [-0.15, -0.1) is 0 Å². The molecule has 4 heteroatoms. The third kappa shape index (κ3) is 2.49. The first-order valence-electron chi connectivity index (χ1n) is 5.67. The summed E-state index contributed by atoms with van der Waals surface area (Å²) >= 11 is 0. The summed E-state index contributed by atoms with van der Waals surface area (Å²) in [6.07, 6.45) is 1.62. The summed E-state index contributed by atoms with van der Waals surface area (Å²) in [4.78, 5) is 6.12. The molecule has 0 spiro atoms. The van der Waals surface area contributed by atoms with E-state index in [1.165, 1.54) is 12.1 Å². The zero-order valence-corrected chi connectivity index (χ0v) is 10.4. The summed E-state index contributed by atoms with van der Waals surface area (Å²) in [7, 11) is 1.84. The third-order valence-corrected chi connectivity index (χ3v) is 2.80. The van der Waals surface area contributed by atoms with Gasteiger partial charge in [0.2, 0.25) is 0 Å². The van der Waals surface area contributed by atoms with Gasteiger partial charge < -0.3 is 10.0 Å². The number of aliphatic hydroxyl groups is 1. The van der Waals surface area contributed by atoms with Crippen molar-refractivity contribution in [2.45, 2.75) is 13.5 Å². The molecule has 1 N–H and O–H groups in total. The van der Waals surface area contributed by atoms with Crippen molar-refractivity contribution in [2.24, 2.45) is 0 Å². The van der Waals surface area contributed by atoms with Crippen molar-refractivity contribution in [3.05, 3.63) is 53.5 Å². The van der Waals surface area contributed by atoms with Crippen LogP contribution in [0.3, 0.4) is 0 Å². The lowest BCUT2D eigenvalue weighted by atomic mass is 10.2. The maximum Gasteiger partial charge on any atom is 0.135 e. The number of halogens is 1. The quantitative estimate of drug-likeness (QED) is 0.904. The Bertz CT molecular complexity index is 557. The first-order chi connectivity index (χ1) is 8.61. The fourth-order valence-corrected chi connectivity index (χ4v) is 1.87. The van der Waals surface area contributed by atoms with Gasteiger partial charge in [0.1, 0.15) is 11.6 Å². The van der Waals surface area contributed by atoms with Crippen LogP contribution in [0.15, 0.2) is 36.5 Å². The molecular formula is C14H15FN2O. The van der Waals surface area contributed by atoms with Gasteiger partial charge in [0.25, 0.3) is 0 Å². The highest BCUT2D eigenvalue weighted by atomic mass is 19.1. The van der Waals surface area contributed by atoms with Crippen molar-refractivity contribution >= 4 is 11.5 Å². The van der Waals surface area contributed by atoms with E-state index in [1.54, 1.807) is 12.3 Å². The van der Waals surface area contributed by atoms with E-state index in [1.807, 2.05) is 31.0 Å². The van der Waals surface area contributed by atoms with Gasteiger partial charge in [0, 0.05) is 18.9 Å². The molecule has 0 radical (unpaired) electrons. The Balaban J connectivity index is 2.37. The molecule has 2 aromatic rings. The lowest BCUT2D eigenvalue weighted by molar-refractivity contribution is 0.281. The van der Waals surface area contributed by atoms with E-state index in [4.69, 9.17) is 5.11 Å². The number of aliphatic hydroxyl groups excluding tert-OH is 1. The largest absolute Gasteiger partial charge is 0.392 e. The molecule has 2 rings (SSSR count). The second-order valence-corrected chi connectivity index (χ2v) is 4.18. The smallest absolute Gasteiger partial charge is 0.135 e. The van der Waals surface area contributed by atoms with Gasteiger partial charge in [-0.05, 0) is 42.3 Å². The van der Waals surface area contributed by atoms with E-state index in [0.717, 1.165) is 22.6 Å². The van der Waals surface area contributed by atoms with Crippen LogP contribution in [0.4, 0.5) is 15.9 Å². The summed E-state index contributed by atoms with van der Waals surface area (Å²) < 4.78 is 13.2. The predicted octanol–water partition coefficient (Wildman–Crippen LogP) is 2.79. The summed E-state index contributed by atoms with van der Waals surface area (Å²) in [5.74, 6) is 0.474. The molecule has 0 saturated heterocycles. The van der Waals surface area contributed by atoms with Crippen molar-refractivity contribution in [1.82, 2.24) is 4.98 Å². The Morgan fingerprint density at radius 2 is 2.11 bits per heavy atom. The molecule has 1 heterocycles. The van der Waals surface area contributed by atoms with Gasteiger partial charge in [-0.3, -0.25) is 0 Å². The van der Waals surface area contributed by atoms with Crippen molar-refractivity contribution in [3.8, 4) is 0 Å². The number of anilines is 2. The molecule has 0 unspecified atom stereocenters. The van der Waals surface area contributed by atoms with Crippen LogP contribution in [0.25, 0.3) is 0 Å². The number of benzene rings is 1. The molecule has 0 aliphatic heterocycles. The van der Waals surface area contributed by atoms with Crippen LogP contribution in [-0.2, 0) is 6.61 Å². The average molecular weight is 246 g/mol. The molecule has 0 bridgehead atoms. The number of aryl methyl sites for hydroxylation is 1. The number of nitrogens with zero attached hydrogens (tertiary/aromatic N) is 2. The van der Waals surface area contributed by atoms with E-state index >= 15 is 0 Å². The number of rotatable bonds is 3. The molecular weight excluding hydrogens is 231 g/mol. The number of aromatic nitrogens is 1. The molecule has 3 nitrogen and oxygen atoms in total. The van der Waals surface area contributed by atoms with Gasteiger partial charge in [0.15, 0.2) is 0 Å². The number of hydrogen-bond acceptors (Lipinski definition) is 3. The van der Waals surface area contributed by atoms with E-state index in [2.05, 4.69) is 4.98 Å². The maximum atomic E-state index is 13.2. The molecule has 1 aromatic carbocycles. The van der Waals surface area contributed by atoms with Gasteiger partial charge in [-0.1, -0.05) is 6.07 Å². The molecule has 94 valence electrons. The van der Waals surface area contributed by atoms with E-state index in [9.17, 15) is 4.39 Å². The highest BCUT2D eigenvalue weighted by molar-refractivity contribution is 5.62. The maximum absolute atomic E-state index is 13.2. The molecule has 0 atom stereocenters. The normalized spacial score (nSPS) is 10.4. The summed E-state index contributed by atoms with van der Waals surface area (Å²) in [5, 5.41) is 9.04. The van der Waals surface area contributed by atoms with Gasteiger partial charge in [-0.25, -0.2) is 9.37 Å². The van der Waals surface area contributed by atoms with Crippen molar-refractivity contribution in [2.75, 3.05) is 11.9 Å². The number of hydrogen-bond donors (Lipinski definition) is 1. The Morgan fingerprint density at radius 1 is 1.33 bits per heavy atom. The second kappa shape index (κ2) is 5.14. The molecule has 0 aliphatic rings. The molecule has 0 amide bonds.